The zero-order valence-electron chi connectivity index (χ0n) is 32.4. The minimum absolute atomic E-state index is 0.0877. The van der Waals surface area contributed by atoms with Crippen LogP contribution in [0.5, 0.6) is 11.5 Å². The van der Waals surface area contributed by atoms with Crippen molar-refractivity contribution < 1.29 is 4.74 Å². The fraction of sp³-hybridized carbons (Fsp3) is 0.0714. The summed E-state index contributed by atoms with van der Waals surface area (Å²) < 4.78 is 6.74. The third-order valence-electron chi connectivity index (χ3n) is 13.1. The highest BCUT2D eigenvalue weighted by Crippen LogP contribution is 2.64. The molecule has 0 atom stereocenters. The number of hydrogen-bond donors (Lipinski definition) is 0. The van der Waals surface area contributed by atoms with Crippen LogP contribution in [0.25, 0.3) is 44.2 Å². The Labute approximate surface area is 339 Å². The number of fused-ring (bicyclic) bond motifs is 14. The Morgan fingerprint density at radius 3 is 1.78 bits per heavy atom. The first-order valence-corrected chi connectivity index (χ1v) is 20.3. The summed E-state index contributed by atoms with van der Waals surface area (Å²) in [6.45, 7) is 4.70. The van der Waals surface area contributed by atoms with Crippen molar-refractivity contribution in [3.8, 4) is 44.9 Å². The Morgan fingerprint density at radius 1 is 0.397 bits per heavy atom. The van der Waals surface area contributed by atoms with E-state index in [0.29, 0.717) is 0 Å². The molecule has 0 radical (unpaired) electrons. The second-order valence-corrected chi connectivity index (χ2v) is 16.4. The predicted molar refractivity (Wildman–Crippen MR) is 239 cm³/mol. The molecule has 1 heterocycles. The van der Waals surface area contributed by atoms with Gasteiger partial charge in [0.15, 0.2) is 0 Å². The van der Waals surface area contributed by atoms with Crippen LogP contribution < -0.4 is 9.64 Å². The van der Waals surface area contributed by atoms with Gasteiger partial charge in [-0.25, -0.2) is 0 Å². The van der Waals surface area contributed by atoms with Crippen molar-refractivity contribution in [3.05, 3.63) is 234 Å². The number of nitrogens with zero attached hydrogens (tertiary/aromatic N) is 1. The zero-order chi connectivity index (χ0) is 38.6. The summed E-state index contributed by atoms with van der Waals surface area (Å²) in [6.07, 6.45) is 0. The third-order valence-corrected chi connectivity index (χ3v) is 13.1. The van der Waals surface area contributed by atoms with Crippen molar-refractivity contribution in [1.29, 1.82) is 0 Å². The van der Waals surface area contributed by atoms with E-state index in [0.717, 1.165) is 39.7 Å². The first kappa shape index (κ1) is 33.0. The van der Waals surface area contributed by atoms with Gasteiger partial charge >= 0.3 is 0 Å². The highest BCUT2D eigenvalue weighted by molar-refractivity contribution is 6.05. The summed E-state index contributed by atoms with van der Waals surface area (Å²) >= 11 is 0. The van der Waals surface area contributed by atoms with Crippen molar-refractivity contribution in [2.45, 2.75) is 24.7 Å². The Hall–Kier alpha value is -7.16. The molecule has 9 aromatic carbocycles. The third kappa shape index (κ3) is 4.43. The zero-order valence-corrected chi connectivity index (χ0v) is 32.4. The van der Waals surface area contributed by atoms with Gasteiger partial charge in [0, 0.05) is 33.5 Å². The van der Waals surface area contributed by atoms with E-state index in [4.69, 9.17) is 4.74 Å². The van der Waals surface area contributed by atoms with Crippen molar-refractivity contribution >= 4 is 27.8 Å². The van der Waals surface area contributed by atoms with Crippen LogP contribution in [0.15, 0.2) is 200 Å². The van der Waals surface area contributed by atoms with Crippen LogP contribution in [0, 0.1) is 0 Å². The number of anilines is 3. The molecule has 9 aromatic rings. The topological polar surface area (TPSA) is 12.5 Å². The van der Waals surface area contributed by atoms with Gasteiger partial charge < -0.3 is 9.64 Å². The van der Waals surface area contributed by atoms with Gasteiger partial charge in [0.05, 0.1) is 11.1 Å². The van der Waals surface area contributed by atoms with Gasteiger partial charge in [-0.15, -0.1) is 0 Å². The van der Waals surface area contributed by atoms with E-state index in [1.807, 2.05) is 0 Å². The standard InChI is InChI=1S/C56H39NO/c1-55(2)45-22-10-8-21-42(45)44-34-38(30-33-46(44)55)57(51-25-13-9-19-40(51)36-16-4-3-5-17-36)39-29-31-43-50(35-39)56(49-32-28-37-18-6-7-20-41(37)54(43)49)47-23-11-14-26-52(47)58-53-27-15-12-24-48(53)56/h3-35H,1-2H3. The molecule has 1 spiro atoms. The second-order valence-electron chi connectivity index (χ2n) is 16.4. The molecule has 2 aliphatic carbocycles. The Bertz CT molecular complexity index is 3090. The summed E-state index contributed by atoms with van der Waals surface area (Å²) in [4.78, 5) is 2.49. The highest BCUT2D eigenvalue weighted by Gasteiger charge is 2.51. The summed E-state index contributed by atoms with van der Waals surface area (Å²) in [5.74, 6) is 1.79. The molecule has 12 rings (SSSR count). The Balaban J connectivity index is 1.18. The average Bonchev–Trinajstić information content (AvgIpc) is 3.69. The number of benzene rings is 9. The van der Waals surface area contributed by atoms with Crippen LogP contribution in [-0.2, 0) is 10.8 Å². The van der Waals surface area contributed by atoms with Gasteiger partial charge in [-0.1, -0.05) is 172 Å². The lowest BCUT2D eigenvalue weighted by Gasteiger charge is -2.39. The van der Waals surface area contributed by atoms with Crippen LogP contribution in [0.4, 0.5) is 17.1 Å². The minimum Gasteiger partial charge on any atom is -0.457 e. The van der Waals surface area contributed by atoms with Crippen molar-refractivity contribution in [1.82, 2.24) is 0 Å². The largest absolute Gasteiger partial charge is 0.457 e. The highest BCUT2D eigenvalue weighted by atomic mass is 16.5. The van der Waals surface area contributed by atoms with Gasteiger partial charge in [-0.05, 0) is 103 Å². The molecular formula is C56H39NO. The molecule has 0 aromatic heterocycles. The number of rotatable bonds is 4. The average molecular weight is 742 g/mol. The lowest BCUT2D eigenvalue weighted by Crippen LogP contribution is -2.32. The molecule has 0 unspecified atom stereocenters. The van der Waals surface area contributed by atoms with Crippen molar-refractivity contribution in [2.75, 3.05) is 4.90 Å². The van der Waals surface area contributed by atoms with Crippen LogP contribution in [0.2, 0.25) is 0 Å². The Morgan fingerprint density at radius 2 is 0.983 bits per heavy atom. The number of para-hydroxylation sites is 3. The van der Waals surface area contributed by atoms with Gasteiger partial charge in [0.1, 0.15) is 11.5 Å². The van der Waals surface area contributed by atoms with Crippen LogP contribution in [0.3, 0.4) is 0 Å². The SMILES string of the molecule is CC1(C)c2ccccc2-c2cc(N(c3ccc4c(c3)C3(c5ccccc5Oc5ccccc53)c3ccc5ccccc5c3-4)c3ccccc3-c3ccccc3)ccc21. The molecule has 0 bridgehead atoms. The van der Waals surface area contributed by atoms with Gasteiger partial charge in [0.25, 0.3) is 0 Å². The van der Waals surface area contributed by atoms with E-state index in [2.05, 4.69) is 219 Å². The van der Waals surface area contributed by atoms with E-state index in [-0.39, 0.29) is 5.41 Å². The van der Waals surface area contributed by atoms with Gasteiger partial charge in [0.2, 0.25) is 0 Å². The van der Waals surface area contributed by atoms with Crippen molar-refractivity contribution in [3.63, 3.8) is 0 Å². The van der Waals surface area contributed by atoms with E-state index in [1.165, 1.54) is 66.4 Å². The molecule has 0 saturated carbocycles. The van der Waals surface area contributed by atoms with E-state index in [9.17, 15) is 0 Å². The summed E-state index contributed by atoms with van der Waals surface area (Å²) in [5, 5.41) is 2.50. The molecule has 274 valence electrons. The van der Waals surface area contributed by atoms with E-state index < -0.39 is 5.41 Å². The summed E-state index contributed by atoms with van der Waals surface area (Å²) in [6, 6.07) is 73.7. The minimum atomic E-state index is -0.609. The normalized spacial score (nSPS) is 14.4. The molecule has 0 fully saturated rings. The van der Waals surface area contributed by atoms with Crippen molar-refractivity contribution in [2.24, 2.45) is 0 Å². The monoisotopic (exact) mass is 741 g/mol. The van der Waals surface area contributed by atoms with Crippen LogP contribution in [-0.4, -0.2) is 0 Å². The maximum atomic E-state index is 6.74. The van der Waals surface area contributed by atoms with Crippen LogP contribution in [0.1, 0.15) is 47.2 Å². The summed E-state index contributed by atoms with van der Waals surface area (Å²) in [7, 11) is 0. The maximum Gasteiger partial charge on any atom is 0.132 e. The molecular weight excluding hydrogens is 703 g/mol. The summed E-state index contributed by atoms with van der Waals surface area (Å²) in [5.41, 5.74) is 17.8. The van der Waals surface area contributed by atoms with Crippen LogP contribution >= 0.6 is 0 Å². The van der Waals surface area contributed by atoms with Gasteiger partial charge in [-0.3, -0.25) is 0 Å². The lowest BCUT2D eigenvalue weighted by atomic mass is 9.66. The smallest absolute Gasteiger partial charge is 0.132 e. The fourth-order valence-corrected chi connectivity index (χ4v) is 10.6. The predicted octanol–water partition coefficient (Wildman–Crippen LogP) is 14.8. The quantitative estimate of drug-likeness (QED) is 0.178. The molecule has 1 aliphatic heterocycles. The molecule has 0 saturated heterocycles. The molecule has 2 nitrogen and oxygen atoms in total. The molecule has 2 heteroatoms. The van der Waals surface area contributed by atoms with E-state index >= 15 is 0 Å². The fourth-order valence-electron chi connectivity index (χ4n) is 10.6. The molecule has 0 N–H and O–H groups in total. The lowest BCUT2D eigenvalue weighted by molar-refractivity contribution is 0.436. The number of ether oxygens (including phenoxy) is 1. The second kappa shape index (κ2) is 12.2. The first-order chi connectivity index (χ1) is 28.5. The maximum absolute atomic E-state index is 6.74. The molecule has 58 heavy (non-hydrogen) atoms. The molecule has 3 aliphatic rings. The van der Waals surface area contributed by atoms with E-state index in [1.54, 1.807) is 0 Å². The Kier molecular flexibility index (Phi) is 6.93. The molecule has 0 amide bonds. The first-order valence-electron chi connectivity index (χ1n) is 20.3. The van der Waals surface area contributed by atoms with Gasteiger partial charge in [-0.2, -0.15) is 0 Å². The number of hydrogen-bond acceptors (Lipinski definition) is 2.